The fourth-order valence-corrected chi connectivity index (χ4v) is 2.10. The molecular weight excluding hydrogens is 206 g/mol. The SMILES string of the molecule is CC(C)(C)[Si]Cc1cccc([N+](=O)[O-])c1. The predicted molar refractivity (Wildman–Crippen MR) is 62.3 cm³/mol. The summed E-state index contributed by atoms with van der Waals surface area (Å²) in [5, 5.41) is 10.9. The molecule has 0 amide bonds. The molecule has 2 radical (unpaired) electrons. The molecule has 3 nitrogen and oxygen atoms in total. The first-order valence-electron chi connectivity index (χ1n) is 4.87. The quantitative estimate of drug-likeness (QED) is 0.447. The van der Waals surface area contributed by atoms with Crippen LogP contribution >= 0.6 is 0 Å². The van der Waals surface area contributed by atoms with Crippen molar-refractivity contribution in [2.75, 3.05) is 0 Å². The van der Waals surface area contributed by atoms with Gasteiger partial charge in [-0.15, -0.1) is 0 Å². The number of benzene rings is 1. The molecule has 0 fully saturated rings. The molecule has 0 heterocycles. The molecule has 1 aromatic carbocycles. The van der Waals surface area contributed by atoms with E-state index in [9.17, 15) is 10.1 Å². The zero-order valence-corrected chi connectivity index (χ0v) is 10.3. The Bertz CT molecular complexity index is 358. The molecule has 0 N–H and O–H groups in total. The van der Waals surface area contributed by atoms with Crippen molar-refractivity contribution in [3.63, 3.8) is 0 Å². The summed E-state index contributed by atoms with van der Waals surface area (Å²) in [6, 6.07) is 7.82. The van der Waals surface area contributed by atoms with Crippen LogP contribution in [0.25, 0.3) is 0 Å². The lowest BCUT2D eigenvalue weighted by Gasteiger charge is -2.16. The first-order valence-corrected chi connectivity index (χ1v) is 6.07. The van der Waals surface area contributed by atoms with Crippen LogP contribution in [0.1, 0.15) is 26.3 Å². The number of rotatable bonds is 3. The first-order chi connectivity index (χ1) is 6.88. The maximum absolute atomic E-state index is 10.6. The number of nitro groups is 1. The van der Waals surface area contributed by atoms with Gasteiger partial charge in [-0.3, -0.25) is 10.1 Å². The smallest absolute Gasteiger partial charge is 0.258 e. The Kier molecular flexibility index (Phi) is 3.63. The highest BCUT2D eigenvalue weighted by Gasteiger charge is 2.12. The van der Waals surface area contributed by atoms with Gasteiger partial charge in [0.05, 0.1) is 4.92 Å². The van der Waals surface area contributed by atoms with E-state index in [0.29, 0.717) is 5.04 Å². The van der Waals surface area contributed by atoms with E-state index in [1.807, 2.05) is 6.07 Å². The van der Waals surface area contributed by atoms with Crippen LogP contribution in [0.15, 0.2) is 24.3 Å². The lowest BCUT2D eigenvalue weighted by molar-refractivity contribution is -0.384. The van der Waals surface area contributed by atoms with E-state index in [4.69, 9.17) is 0 Å². The van der Waals surface area contributed by atoms with Crippen molar-refractivity contribution in [1.29, 1.82) is 0 Å². The van der Waals surface area contributed by atoms with E-state index >= 15 is 0 Å². The Hall–Kier alpha value is -1.16. The summed E-state index contributed by atoms with van der Waals surface area (Å²) >= 11 is 0. The molecule has 0 bridgehead atoms. The summed E-state index contributed by atoms with van der Waals surface area (Å²) in [6.07, 6.45) is 0. The van der Waals surface area contributed by atoms with Gasteiger partial charge in [0, 0.05) is 21.7 Å². The Morgan fingerprint density at radius 1 is 1.40 bits per heavy atom. The van der Waals surface area contributed by atoms with Crippen molar-refractivity contribution >= 4 is 15.2 Å². The molecule has 0 aromatic heterocycles. The normalized spacial score (nSPS) is 11.4. The molecule has 0 aliphatic rings. The Morgan fingerprint density at radius 3 is 2.60 bits per heavy atom. The second kappa shape index (κ2) is 4.57. The van der Waals surface area contributed by atoms with Crippen molar-refractivity contribution in [2.45, 2.75) is 31.9 Å². The van der Waals surface area contributed by atoms with E-state index in [1.54, 1.807) is 12.1 Å². The monoisotopic (exact) mass is 221 g/mol. The zero-order valence-electron chi connectivity index (χ0n) is 9.28. The van der Waals surface area contributed by atoms with Crippen LogP contribution in [0.4, 0.5) is 5.69 Å². The van der Waals surface area contributed by atoms with Crippen molar-refractivity contribution in [2.24, 2.45) is 0 Å². The molecule has 15 heavy (non-hydrogen) atoms. The van der Waals surface area contributed by atoms with E-state index in [1.165, 1.54) is 6.07 Å². The van der Waals surface area contributed by atoms with Crippen molar-refractivity contribution in [3.8, 4) is 0 Å². The molecule has 4 heteroatoms. The fourth-order valence-electron chi connectivity index (χ4n) is 1.15. The topological polar surface area (TPSA) is 43.1 Å². The van der Waals surface area contributed by atoms with Gasteiger partial charge in [-0.2, -0.15) is 0 Å². The molecule has 0 aliphatic heterocycles. The molecule has 0 spiro atoms. The fraction of sp³-hybridized carbons (Fsp3) is 0.455. The highest BCUT2D eigenvalue weighted by molar-refractivity contribution is 6.39. The third-order valence-corrected chi connectivity index (χ3v) is 3.59. The molecule has 1 aromatic rings. The molecular formula is C11H15NO2Si. The summed E-state index contributed by atoms with van der Waals surface area (Å²) < 4.78 is 0. The van der Waals surface area contributed by atoms with Crippen LogP contribution in [-0.4, -0.2) is 14.4 Å². The summed E-state index contributed by atoms with van der Waals surface area (Å²) in [4.78, 5) is 10.2. The van der Waals surface area contributed by atoms with Crippen LogP contribution in [0, 0.1) is 10.1 Å². The van der Waals surface area contributed by atoms with Gasteiger partial charge in [-0.05, 0) is 16.6 Å². The van der Waals surface area contributed by atoms with Gasteiger partial charge in [0.15, 0.2) is 0 Å². The summed E-state index contributed by atoms with van der Waals surface area (Å²) in [5.74, 6) is 0. The molecule has 0 aliphatic carbocycles. The van der Waals surface area contributed by atoms with Crippen LogP contribution in [0.5, 0.6) is 0 Å². The Labute approximate surface area is 92.5 Å². The molecule has 0 saturated heterocycles. The summed E-state index contributed by atoms with van der Waals surface area (Å²) in [6.45, 7) is 6.55. The third kappa shape index (κ3) is 4.25. The van der Waals surface area contributed by atoms with E-state index < -0.39 is 0 Å². The number of hydrogen-bond donors (Lipinski definition) is 0. The predicted octanol–water partition coefficient (Wildman–Crippen LogP) is 3.02. The van der Waals surface area contributed by atoms with Gasteiger partial charge in [-0.25, -0.2) is 0 Å². The highest BCUT2D eigenvalue weighted by atomic mass is 28.2. The van der Waals surface area contributed by atoms with E-state index in [-0.39, 0.29) is 10.6 Å². The summed E-state index contributed by atoms with van der Waals surface area (Å²) in [7, 11) is 0.786. The van der Waals surface area contributed by atoms with E-state index in [2.05, 4.69) is 20.8 Å². The largest absolute Gasteiger partial charge is 0.269 e. The Balaban J connectivity index is 2.70. The molecule has 0 saturated carbocycles. The number of nitro benzene ring substituents is 1. The second-order valence-corrected chi connectivity index (χ2v) is 6.74. The maximum Gasteiger partial charge on any atom is 0.269 e. The van der Waals surface area contributed by atoms with Gasteiger partial charge in [0.25, 0.3) is 5.69 Å². The number of nitrogens with zero attached hydrogens (tertiary/aromatic N) is 1. The zero-order chi connectivity index (χ0) is 11.5. The van der Waals surface area contributed by atoms with E-state index in [0.717, 1.165) is 21.1 Å². The standard InChI is InChI=1S/C11H15NO2Si/c1-11(2,3)15-8-9-5-4-6-10(7-9)12(13)14/h4-7H,8H2,1-3H3. The maximum atomic E-state index is 10.6. The molecule has 0 atom stereocenters. The minimum absolute atomic E-state index is 0.186. The minimum atomic E-state index is -0.344. The lowest BCUT2D eigenvalue weighted by atomic mass is 10.2. The van der Waals surface area contributed by atoms with Gasteiger partial charge >= 0.3 is 0 Å². The van der Waals surface area contributed by atoms with Crippen LogP contribution < -0.4 is 0 Å². The first kappa shape index (κ1) is 11.9. The van der Waals surface area contributed by atoms with Gasteiger partial charge < -0.3 is 0 Å². The minimum Gasteiger partial charge on any atom is -0.258 e. The van der Waals surface area contributed by atoms with Crippen molar-refractivity contribution < 1.29 is 4.92 Å². The summed E-state index contributed by atoms with van der Waals surface area (Å²) in [5.41, 5.74) is 1.24. The number of non-ortho nitro benzene ring substituents is 1. The molecule has 0 unspecified atom stereocenters. The van der Waals surface area contributed by atoms with Gasteiger partial charge in [0.1, 0.15) is 0 Å². The Morgan fingerprint density at radius 2 is 2.07 bits per heavy atom. The van der Waals surface area contributed by atoms with Crippen molar-refractivity contribution in [3.05, 3.63) is 39.9 Å². The van der Waals surface area contributed by atoms with Crippen LogP contribution in [0.3, 0.4) is 0 Å². The van der Waals surface area contributed by atoms with Crippen molar-refractivity contribution in [1.82, 2.24) is 0 Å². The van der Waals surface area contributed by atoms with Gasteiger partial charge in [0.2, 0.25) is 0 Å². The van der Waals surface area contributed by atoms with Gasteiger partial charge in [-0.1, -0.05) is 32.9 Å². The highest BCUT2D eigenvalue weighted by Crippen LogP contribution is 2.22. The lowest BCUT2D eigenvalue weighted by Crippen LogP contribution is -2.11. The second-order valence-electron chi connectivity index (χ2n) is 4.53. The van der Waals surface area contributed by atoms with Crippen LogP contribution in [0.2, 0.25) is 5.04 Å². The van der Waals surface area contributed by atoms with Crippen LogP contribution in [-0.2, 0) is 6.04 Å². The number of hydrogen-bond acceptors (Lipinski definition) is 2. The molecule has 1 rings (SSSR count). The molecule has 80 valence electrons. The average Bonchev–Trinajstić information content (AvgIpc) is 2.14. The average molecular weight is 221 g/mol. The third-order valence-electron chi connectivity index (χ3n) is 1.94.